The fourth-order valence-electron chi connectivity index (χ4n) is 2.91. The first-order valence-electron chi connectivity index (χ1n) is 7.43. The molecule has 0 fully saturated rings. The highest BCUT2D eigenvalue weighted by Crippen LogP contribution is 2.30. The molecule has 110 valence electrons. The van der Waals surface area contributed by atoms with Crippen LogP contribution in [0.5, 0.6) is 5.75 Å². The Morgan fingerprint density at radius 1 is 1.19 bits per heavy atom. The van der Waals surface area contributed by atoms with Gasteiger partial charge in [-0.05, 0) is 61.6 Å². The van der Waals surface area contributed by atoms with E-state index in [0.717, 1.165) is 29.9 Å². The van der Waals surface area contributed by atoms with E-state index in [1.807, 2.05) is 24.1 Å². The first kappa shape index (κ1) is 13.9. The largest absolute Gasteiger partial charge is 0.508 e. The van der Waals surface area contributed by atoms with Crippen molar-refractivity contribution in [3.05, 3.63) is 47.2 Å². The van der Waals surface area contributed by atoms with Crippen LogP contribution >= 0.6 is 0 Å². The van der Waals surface area contributed by atoms with Crippen LogP contribution in [0, 0.1) is 0 Å². The van der Waals surface area contributed by atoms with Gasteiger partial charge in [-0.1, -0.05) is 0 Å². The van der Waals surface area contributed by atoms with Crippen LogP contribution in [0.4, 0.5) is 11.5 Å². The van der Waals surface area contributed by atoms with Crippen LogP contribution < -0.4 is 10.6 Å². The van der Waals surface area contributed by atoms with E-state index in [1.165, 1.54) is 24.1 Å². The number of aryl methyl sites for hydroxylation is 2. The number of aromatic hydroxyl groups is 1. The molecule has 0 saturated carbocycles. The molecule has 1 aliphatic carbocycles. The normalized spacial score (nSPS) is 13.8. The third-order valence-electron chi connectivity index (χ3n) is 4.13. The van der Waals surface area contributed by atoms with Crippen molar-refractivity contribution in [3.63, 3.8) is 0 Å². The Morgan fingerprint density at radius 2 is 1.90 bits per heavy atom. The molecule has 3 N–H and O–H groups in total. The van der Waals surface area contributed by atoms with Gasteiger partial charge in [-0.2, -0.15) is 0 Å². The molecule has 1 aromatic heterocycles. The van der Waals surface area contributed by atoms with Crippen LogP contribution in [-0.2, 0) is 19.4 Å². The maximum absolute atomic E-state index is 9.41. The lowest BCUT2D eigenvalue weighted by molar-refractivity contribution is 0.475. The predicted molar refractivity (Wildman–Crippen MR) is 84.9 cm³/mol. The minimum Gasteiger partial charge on any atom is -0.508 e. The van der Waals surface area contributed by atoms with Gasteiger partial charge in [0.05, 0.1) is 0 Å². The molecule has 0 aliphatic heterocycles. The lowest BCUT2D eigenvalue weighted by atomic mass is 9.94. The van der Waals surface area contributed by atoms with E-state index >= 15 is 0 Å². The maximum atomic E-state index is 9.41. The first-order chi connectivity index (χ1) is 10.2. The molecule has 0 unspecified atom stereocenters. The number of fused-ring (bicyclic) bond motifs is 1. The Balaban J connectivity index is 2.01. The van der Waals surface area contributed by atoms with Gasteiger partial charge in [-0.25, -0.2) is 4.98 Å². The van der Waals surface area contributed by atoms with E-state index in [2.05, 4.69) is 6.07 Å². The summed E-state index contributed by atoms with van der Waals surface area (Å²) >= 11 is 0. The number of aromatic nitrogens is 1. The van der Waals surface area contributed by atoms with Gasteiger partial charge in [0, 0.05) is 30.5 Å². The Hall–Kier alpha value is -2.07. The minimum atomic E-state index is 0.268. The third-order valence-corrected chi connectivity index (χ3v) is 4.13. The molecular weight excluding hydrogens is 262 g/mol. The summed E-state index contributed by atoms with van der Waals surface area (Å²) in [6, 6.07) is 9.36. The van der Waals surface area contributed by atoms with Gasteiger partial charge in [-0.3, -0.25) is 0 Å². The molecule has 4 nitrogen and oxygen atoms in total. The van der Waals surface area contributed by atoms with Crippen molar-refractivity contribution in [2.45, 2.75) is 32.2 Å². The standard InChI is InChI=1S/C17H21N3O/c1-20(14-6-8-15(21)9-7-14)17-13(11-18)10-12-4-2-3-5-16(12)19-17/h6-10,21H,2-5,11,18H2,1H3. The Kier molecular flexibility index (Phi) is 3.80. The molecule has 0 saturated heterocycles. The predicted octanol–water partition coefficient (Wildman–Crippen LogP) is 2.89. The zero-order valence-electron chi connectivity index (χ0n) is 12.3. The second-order valence-corrected chi connectivity index (χ2v) is 5.56. The van der Waals surface area contributed by atoms with E-state index in [4.69, 9.17) is 10.7 Å². The molecule has 0 amide bonds. The van der Waals surface area contributed by atoms with Gasteiger partial charge >= 0.3 is 0 Å². The first-order valence-corrected chi connectivity index (χ1v) is 7.43. The lowest BCUT2D eigenvalue weighted by Crippen LogP contribution is -2.18. The SMILES string of the molecule is CN(c1ccc(O)cc1)c1nc2c(cc1CN)CCCC2. The van der Waals surface area contributed by atoms with Crippen LogP contribution in [0.15, 0.2) is 30.3 Å². The molecule has 21 heavy (non-hydrogen) atoms. The van der Waals surface area contributed by atoms with Gasteiger partial charge in [-0.15, -0.1) is 0 Å². The monoisotopic (exact) mass is 283 g/mol. The highest BCUT2D eigenvalue weighted by atomic mass is 16.3. The van der Waals surface area contributed by atoms with Crippen LogP contribution in [0.1, 0.15) is 29.7 Å². The molecule has 0 spiro atoms. The zero-order chi connectivity index (χ0) is 14.8. The number of anilines is 2. The summed E-state index contributed by atoms with van der Waals surface area (Å²) in [6.07, 6.45) is 4.62. The van der Waals surface area contributed by atoms with Crippen molar-refractivity contribution >= 4 is 11.5 Å². The van der Waals surface area contributed by atoms with Crippen molar-refractivity contribution in [2.24, 2.45) is 5.73 Å². The quantitative estimate of drug-likeness (QED) is 0.909. The zero-order valence-corrected chi connectivity index (χ0v) is 12.3. The smallest absolute Gasteiger partial charge is 0.137 e. The molecule has 0 bridgehead atoms. The minimum absolute atomic E-state index is 0.268. The van der Waals surface area contributed by atoms with Crippen molar-refractivity contribution in [2.75, 3.05) is 11.9 Å². The molecule has 3 rings (SSSR count). The Labute approximate surface area is 125 Å². The summed E-state index contributed by atoms with van der Waals surface area (Å²) < 4.78 is 0. The Bertz CT molecular complexity index is 637. The molecular formula is C17H21N3O. The van der Waals surface area contributed by atoms with Gasteiger partial charge in [0.2, 0.25) is 0 Å². The van der Waals surface area contributed by atoms with Gasteiger partial charge in [0.25, 0.3) is 0 Å². The number of phenolic OH excluding ortho intramolecular Hbond substituents is 1. The average molecular weight is 283 g/mol. The van der Waals surface area contributed by atoms with E-state index in [9.17, 15) is 5.11 Å². The second-order valence-electron chi connectivity index (χ2n) is 5.56. The molecule has 1 aromatic carbocycles. The highest BCUT2D eigenvalue weighted by molar-refractivity contribution is 5.63. The summed E-state index contributed by atoms with van der Waals surface area (Å²) in [5.74, 6) is 1.19. The molecule has 0 radical (unpaired) electrons. The van der Waals surface area contributed by atoms with Gasteiger partial charge < -0.3 is 15.7 Å². The van der Waals surface area contributed by atoms with E-state index < -0.39 is 0 Å². The lowest BCUT2D eigenvalue weighted by Gasteiger charge is -2.25. The summed E-state index contributed by atoms with van der Waals surface area (Å²) in [6.45, 7) is 0.484. The summed E-state index contributed by atoms with van der Waals surface area (Å²) in [7, 11) is 1.99. The summed E-state index contributed by atoms with van der Waals surface area (Å²) in [5.41, 5.74) is 10.5. The van der Waals surface area contributed by atoms with E-state index in [1.54, 1.807) is 12.1 Å². The third kappa shape index (κ3) is 2.72. The van der Waals surface area contributed by atoms with Gasteiger partial charge in [0.1, 0.15) is 11.6 Å². The van der Waals surface area contributed by atoms with Crippen molar-refractivity contribution in [1.82, 2.24) is 4.98 Å². The van der Waals surface area contributed by atoms with E-state index in [0.29, 0.717) is 6.54 Å². The van der Waals surface area contributed by atoms with Crippen LogP contribution in [0.2, 0.25) is 0 Å². The second kappa shape index (κ2) is 5.74. The number of nitrogens with zero attached hydrogens (tertiary/aromatic N) is 2. The molecule has 1 heterocycles. The van der Waals surface area contributed by atoms with Crippen molar-refractivity contribution in [3.8, 4) is 5.75 Å². The van der Waals surface area contributed by atoms with Crippen LogP contribution in [0.3, 0.4) is 0 Å². The number of hydrogen-bond donors (Lipinski definition) is 2. The molecule has 0 atom stereocenters. The molecule has 4 heteroatoms. The molecule has 2 aromatic rings. The summed E-state index contributed by atoms with van der Waals surface area (Å²) in [4.78, 5) is 6.90. The van der Waals surface area contributed by atoms with E-state index in [-0.39, 0.29) is 5.75 Å². The fourth-order valence-corrected chi connectivity index (χ4v) is 2.91. The number of nitrogens with two attached hydrogens (primary N) is 1. The van der Waals surface area contributed by atoms with Crippen molar-refractivity contribution < 1.29 is 5.11 Å². The highest BCUT2D eigenvalue weighted by Gasteiger charge is 2.17. The number of benzene rings is 1. The fraction of sp³-hybridized carbons (Fsp3) is 0.353. The number of phenols is 1. The maximum Gasteiger partial charge on any atom is 0.137 e. The average Bonchev–Trinajstić information content (AvgIpc) is 2.53. The Morgan fingerprint density at radius 3 is 2.62 bits per heavy atom. The summed E-state index contributed by atoms with van der Waals surface area (Å²) in [5, 5.41) is 9.41. The topological polar surface area (TPSA) is 62.4 Å². The number of pyridine rings is 1. The molecule has 1 aliphatic rings. The number of rotatable bonds is 3. The van der Waals surface area contributed by atoms with Gasteiger partial charge in [0.15, 0.2) is 0 Å². The van der Waals surface area contributed by atoms with Crippen molar-refractivity contribution in [1.29, 1.82) is 0 Å². The number of hydrogen-bond acceptors (Lipinski definition) is 4. The van der Waals surface area contributed by atoms with Crippen LogP contribution in [0.25, 0.3) is 0 Å². The van der Waals surface area contributed by atoms with Crippen LogP contribution in [-0.4, -0.2) is 17.1 Å².